The van der Waals surface area contributed by atoms with Crippen LogP contribution in [0.5, 0.6) is 0 Å². The molecule has 0 bridgehead atoms. The van der Waals surface area contributed by atoms with Crippen LogP contribution in [0.15, 0.2) is 45.5 Å². The smallest absolute Gasteiger partial charge is 0.245 e. The summed E-state index contributed by atoms with van der Waals surface area (Å²) < 4.78 is 32.2. The van der Waals surface area contributed by atoms with Crippen molar-refractivity contribution in [3.63, 3.8) is 0 Å². The van der Waals surface area contributed by atoms with Crippen LogP contribution in [0, 0.1) is 0 Å². The number of aromatic nitrogens is 2. The molecule has 2 heterocycles. The number of hydrogen-bond donors (Lipinski definition) is 1. The number of alkyl halides is 1. The Kier molecular flexibility index (Phi) is 4.80. The van der Waals surface area contributed by atoms with E-state index < -0.39 is 15.6 Å². The van der Waals surface area contributed by atoms with E-state index in [2.05, 4.69) is 14.9 Å². The normalized spacial score (nSPS) is 23.5. The molecule has 1 N–H and O–H groups in total. The second kappa shape index (κ2) is 6.86. The number of sulfonamides is 1. The van der Waals surface area contributed by atoms with Gasteiger partial charge in [-0.05, 0) is 47.3 Å². The van der Waals surface area contributed by atoms with Gasteiger partial charge in [-0.2, -0.15) is 4.31 Å². The largest absolute Gasteiger partial charge is 0.385 e. The van der Waals surface area contributed by atoms with Crippen LogP contribution in [-0.2, 0) is 10.0 Å². The van der Waals surface area contributed by atoms with Gasteiger partial charge in [-0.25, -0.2) is 13.0 Å². The Balaban J connectivity index is 1.58. The molecular weight excluding hydrogens is 413 g/mol. The molecule has 1 aromatic heterocycles. The average Bonchev–Trinajstić information content (AvgIpc) is 3.13. The lowest BCUT2D eigenvalue weighted by Gasteiger charge is -2.39. The van der Waals surface area contributed by atoms with Crippen molar-refractivity contribution in [1.82, 2.24) is 14.6 Å². The Morgan fingerprint density at radius 2 is 1.93 bits per heavy atom. The molecule has 7 nitrogen and oxygen atoms in total. The molecule has 4 rings (SSSR count). The number of halogens is 2. The number of allylic oxidation sites excluding steroid dienone is 2. The lowest BCUT2D eigenvalue weighted by Crippen LogP contribution is -2.47. The third-order valence-electron chi connectivity index (χ3n) is 5.08. The molecule has 0 spiro atoms. The first-order chi connectivity index (χ1) is 12.8. The van der Waals surface area contributed by atoms with Crippen LogP contribution >= 0.6 is 23.2 Å². The summed E-state index contributed by atoms with van der Waals surface area (Å²) in [4.78, 5) is -0.00431. The minimum Gasteiger partial charge on any atom is -0.385 e. The molecule has 0 radical (unpaired) electrons. The number of piperidine rings is 1. The van der Waals surface area contributed by atoms with E-state index in [1.54, 1.807) is 0 Å². The molecule has 1 saturated heterocycles. The Labute approximate surface area is 166 Å². The molecule has 0 saturated carbocycles. The topological polar surface area (TPSA) is 96.5 Å². The van der Waals surface area contributed by atoms with E-state index in [1.165, 1.54) is 16.4 Å². The summed E-state index contributed by atoms with van der Waals surface area (Å²) in [5, 5.41) is 18.5. The van der Waals surface area contributed by atoms with Crippen molar-refractivity contribution in [1.29, 1.82) is 0 Å². The molecule has 1 aliphatic heterocycles. The van der Waals surface area contributed by atoms with E-state index in [0.29, 0.717) is 19.3 Å². The number of benzene rings is 1. The van der Waals surface area contributed by atoms with Crippen LogP contribution in [-0.4, -0.2) is 52.2 Å². The fraction of sp³-hybridized carbons (Fsp3) is 0.412. The molecule has 1 unspecified atom stereocenters. The van der Waals surface area contributed by atoms with Crippen LogP contribution in [0.25, 0.3) is 11.0 Å². The summed E-state index contributed by atoms with van der Waals surface area (Å²) in [7, 11) is -3.82. The average molecular weight is 430 g/mol. The standard InChI is InChI=1S/C17H17Cl2N3O4S/c18-12-3-1-11(2-4-12)17(23)7-9-22(10-8-17)27(24,25)14-6-5-13(19)15-16(14)21-26-20-15/h1-3,5-6,12,23H,4,7-10H2. The van der Waals surface area contributed by atoms with Crippen molar-refractivity contribution in [3.05, 3.63) is 41.0 Å². The maximum absolute atomic E-state index is 13.1. The van der Waals surface area contributed by atoms with Crippen LogP contribution in [0.1, 0.15) is 19.3 Å². The van der Waals surface area contributed by atoms with Crippen molar-refractivity contribution in [2.24, 2.45) is 0 Å². The quantitative estimate of drug-likeness (QED) is 0.753. The van der Waals surface area contributed by atoms with Gasteiger partial charge in [0.05, 0.1) is 16.0 Å². The predicted octanol–water partition coefficient (Wildman–Crippen LogP) is 2.89. The third kappa shape index (κ3) is 3.30. The molecule has 10 heteroatoms. The molecule has 1 fully saturated rings. The third-order valence-corrected chi connectivity index (χ3v) is 7.64. The zero-order valence-corrected chi connectivity index (χ0v) is 16.5. The highest BCUT2D eigenvalue weighted by atomic mass is 35.5. The Morgan fingerprint density at radius 3 is 2.59 bits per heavy atom. The van der Waals surface area contributed by atoms with Gasteiger partial charge in [-0.15, -0.1) is 11.6 Å². The van der Waals surface area contributed by atoms with Crippen molar-refractivity contribution in [2.75, 3.05) is 13.1 Å². The SMILES string of the molecule is O=S(=O)(c1ccc(Cl)c2nonc12)N1CCC(O)(C2=CCC(Cl)C=C2)CC1. The zero-order valence-electron chi connectivity index (χ0n) is 14.2. The highest BCUT2D eigenvalue weighted by Crippen LogP contribution is 2.36. The summed E-state index contributed by atoms with van der Waals surface area (Å²) in [5.41, 5.74) is 0.0597. The zero-order chi connectivity index (χ0) is 19.2. The molecule has 0 amide bonds. The van der Waals surface area contributed by atoms with Gasteiger partial charge in [0.1, 0.15) is 4.90 Å². The predicted molar refractivity (Wildman–Crippen MR) is 101 cm³/mol. The lowest BCUT2D eigenvalue weighted by atomic mass is 9.82. The molecule has 27 heavy (non-hydrogen) atoms. The van der Waals surface area contributed by atoms with E-state index >= 15 is 0 Å². The van der Waals surface area contributed by atoms with Gasteiger partial charge in [0.15, 0.2) is 11.0 Å². The number of hydrogen-bond acceptors (Lipinski definition) is 6. The van der Waals surface area contributed by atoms with E-state index in [1.807, 2.05) is 18.2 Å². The highest BCUT2D eigenvalue weighted by Gasteiger charge is 2.40. The summed E-state index contributed by atoms with van der Waals surface area (Å²) >= 11 is 12.1. The molecule has 1 aliphatic carbocycles. The van der Waals surface area contributed by atoms with Gasteiger partial charge >= 0.3 is 0 Å². The van der Waals surface area contributed by atoms with Crippen molar-refractivity contribution in [3.8, 4) is 0 Å². The van der Waals surface area contributed by atoms with E-state index in [4.69, 9.17) is 23.2 Å². The Morgan fingerprint density at radius 1 is 1.22 bits per heavy atom. The van der Waals surface area contributed by atoms with Gasteiger partial charge in [-0.3, -0.25) is 0 Å². The first-order valence-corrected chi connectivity index (χ1v) is 10.7. The highest BCUT2D eigenvalue weighted by molar-refractivity contribution is 7.89. The Bertz CT molecular complexity index is 1040. The van der Waals surface area contributed by atoms with Crippen LogP contribution in [0.3, 0.4) is 0 Å². The van der Waals surface area contributed by atoms with E-state index in [0.717, 1.165) is 5.57 Å². The van der Waals surface area contributed by atoms with Crippen LogP contribution in [0.2, 0.25) is 5.02 Å². The minimum absolute atomic E-state index is 0.00431. The first kappa shape index (κ1) is 18.9. The van der Waals surface area contributed by atoms with Gasteiger partial charge < -0.3 is 5.11 Å². The van der Waals surface area contributed by atoms with E-state index in [-0.39, 0.29) is 39.4 Å². The minimum atomic E-state index is -3.82. The second-order valence-electron chi connectivity index (χ2n) is 6.71. The van der Waals surface area contributed by atoms with Crippen molar-refractivity contribution >= 4 is 44.3 Å². The fourth-order valence-electron chi connectivity index (χ4n) is 3.49. The van der Waals surface area contributed by atoms with Gasteiger partial charge in [0, 0.05) is 13.1 Å². The second-order valence-corrected chi connectivity index (χ2v) is 9.59. The van der Waals surface area contributed by atoms with Crippen LogP contribution in [0.4, 0.5) is 0 Å². The Hall–Kier alpha value is -1.45. The van der Waals surface area contributed by atoms with Gasteiger partial charge in [0.25, 0.3) is 0 Å². The van der Waals surface area contributed by atoms with Crippen molar-refractivity contribution < 1.29 is 18.2 Å². The summed E-state index contributed by atoms with van der Waals surface area (Å²) in [6.07, 6.45) is 6.84. The maximum atomic E-state index is 13.1. The maximum Gasteiger partial charge on any atom is 0.245 e. The van der Waals surface area contributed by atoms with Gasteiger partial charge in [0.2, 0.25) is 10.0 Å². The first-order valence-electron chi connectivity index (χ1n) is 8.47. The number of fused-ring (bicyclic) bond motifs is 1. The number of aliphatic hydroxyl groups is 1. The van der Waals surface area contributed by atoms with E-state index in [9.17, 15) is 13.5 Å². The summed E-state index contributed by atoms with van der Waals surface area (Å²) in [5.74, 6) is 0. The molecule has 1 aromatic carbocycles. The molecular formula is C17H17Cl2N3O4S. The lowest BCUT2D eigenvalue weighted by molar-refractivity contribution is 0.0314. The molecule has 144 valence electrons. The molecule has 1 atom stereocenters. The fourth-order valence-corrected chi connectivity index (χ4v) is 5.39. The molecule has 2 aliphatic rings. The molecule has 2 aromatic rings. The number of rotatable bonds is 3. The van der Waals surface area contributed by atoms with Gasteiger partial charge in [-0.1, -0.05) is 29.8 Å². The van der Waals surface area contributed by atoms with Crippen molar-refractivity contribution in [2.45, 2.75) is 35.1 Å². The monoisotopic (exact) mass is 429 g/mol. The summed E-state index contributed by atoms with van der Waals surface area (Å²) in [6, 6.07) is 2.86. The summed E-state index contributed by atoms with van der Waals surface area (Å²) in [6.45, 7) is 0.368. The number of nitrogens with zero attached hydrogens (tertiary/aromatic N) is 3. The van der Waals surface area contributed by atoms with Crippen LogP contribution < -0.4 is 0 Å².